The average Bonchev–Trinajstić information content (AvgIpc) is 3.14. The van der Waals surface area contributed by atoms with E-state index >= 15 is 0 Å². The van der Waals surface area contributed by atoms with E-state index < -0.39 is 111 Å². The number of Topliss-reactive ketones (excluding diaryl/α,β-unsaturated/α-hetero) is 3. The lowest BCUT2D eigenvalue weighted by atomic mass is 9.56. The number of aliphatic hydroxyl groups is 3. The number of aromatic hydroxyl groups is 2. The Morgan fingerprint density at radius 2 is 1.67 bits per heavy atom. The third-order valence-electron chi connectivity index (χ3n) is 11.0. The van der Waals surface area contributed by atoms with Crippen LogP contribution in [0.15, 0.2) is 28.9 Å². The fourth-order valence-electron chi connectivity index (χ4n) is 8.40. The van der Waals surface area contributed by atoms with Crippen LogP contribution in [-0.4, -0.2) is 146 Å². The number of hydrogen-bond donors (Lipinski definition) is 6. The molecule has 1 heterocycles. The second-order valence-electron chi connectivity index (χ2n) is 13.8. The summed E-state index contributed by atoms with van der Waals surface area (Å²) in [5, 5.41) is 61.7. The summed E-state index contributed by atoms with van der Waals surface area (Å²) in [5.41, 5.74) is -8.78. The second-order valence-corrected chi connectivity index (χ2v) is 13.8. The van der Waals surface area contributed by atoms with Crippen molar-refractivity contribution in [2.75, 3.05) is 48.7 Å². The molecule has 0 spiro atoms. The number of methoxy groups -OCH3 is 5. The van der Waals surface area contributed by atoms with E-state index in [4.69, 9.17) is 28.4 Å². The number of nitrogens with one attached hydrogen (secondary N) is 1. The van der Waals surface area contributed by atoms with E-state index in [-0.39, 0.29) is 40.2 Å². The lowest BCUT2D eigenvalue weighted by Crippen LogP contribution is -2.73. The zero-order valence-corrected chi connectivity index (χ0v) is 31.3. The van der Waals surface area contributed by atoms with E-state index in [2.05, 4.69) is 10.3 Å². The molecule has 1 aliphatic heterocycles. The number of carbonyl (C=O) groups excluding carboxylic acids is 4. The molecule has 6 rings (SSSR count). The van der Waals surface area contributed by atoms with Crippen LogP contribution >= 0.6 is 0 Å². The predicted octanol–water partition coefficient (Wildman–Crippen LogP) is 0.393. The van der Waals surface area contributed by atoms with Gasteiger partial charge in [-0.2, -0.15) is 0 Å². The highest BCUT2D eigenvalue weighted by molar-refractivity contribution is 6.31. The summed E-state index contributed by atoms with van der Waals surface area (Å²) >= 11 is 0. The highest BCUT2D eigenvalue weighted by Crippen LogP contribution is 2.56. The Balaban J connectivity index is 1.56. The summed E-state index contributed by atoms with van der Waals surface area (Å²) < 4.78 is 32.5. The number of aryl methyl sites for hydroxylation is 1. The Hall–Kier alpha value is -4.59. The van der Waals surface area contributed by atoms with E-state index in [1.165, 1.54) is 40.4 Å². The number of allylic oxidation sites excluding steroid dienone is 2. The van der Waals surface area contributed by atoms with Gasteiger partial charge in [0.25, 0.3) is 0 Å². The van der Waals surface area contributed by atoms with Crippen LogP contribution in [0.25, 0.3) is 0 Å². The number of hydrogen-bond acceptors (Lipinski definition) is 17. The molecule has 0 radical (unpaired) electrons. The molecule has 0 amide bonds. The molecule has 1 fully saturated rings. The molecule has 55 heavy (non-hydrogen) atoms. The van der Waals surface area contributed by atoms with E-state index in [9.17, 15) is 44.7 Å². The standard InChI is InChI=1S/C38H44N2O15/c1-15-11-17-12-22(41)38(54-7)34(47)25-19(33(46)37(38,49)26(17)29(44)23(15)36(48)53-6)13-18-24(28(25)43)20(39-9-8-10-50-3)14-21(27(18)42)40-35-32(52-5)30(45)31(51-4)16(2)55-35/h11,13-14,16,22,30-32,35,40-41,43-45,49H,8-10,12H2,1-7H3/b39-20+/t16-,22+,30+,31-,32+,35-,37-,38+/m0/s1. The van der Waals surface area contributed by atoms with Gasteiger partial charge in [0, 0.05) is 64.7 Å². The fraction of sp³-hybridized carbons (Fsp3) is 0.500. The van der Waals surface area contributed by atoms with Crippen molar-refractivity contribution in [3.63, 3.8) is 0 Å². The molecule has 0 bridgehead atoms. The SMILES string of the molecule is COCCC/N=C1\C=C(N[C@H]2O[C@@H](C)[C@H](OC)[C@@H](O)[C@H]2OC)C(=O)c2cc3c(c(O)c21)C(=O)[C@]1(OC)[C@H](O)Cc2cc(C)c(C(=O)OC)c(O)c2[C@]1(O)C3=O. The van der Waals surface area contributed by atoms with Crippen molar-refractivity contribution in [2.45, 2.75) is 74.6 Å². The quantitative estimate of drug-likeness (QED) is 0.141. The third kappa shape index (κ3) is 5.71. The summed E-state index contributed by atoms with van der Waals surface area (Å²) in [6.45, 7) is 3.59. The number of aliphatic imine (C=N–C) groups is 1. The molecule has 2 aromatic rings. The van der Waals surface area contributed by atoms with Crippen molar-refractivity contribution in [1.82, 2.24) is 5.32 Å². The Labute approximate surface area is 315 Å². The largest absolute Gasteiger partial charge is 0.507 e. The Kier molecular flexibility index (Phi) is 10.8. The number of aliphatic hydroxyl groups excluding tert-OH is 2. The molecular formula is C38H44N2O15. The summed E-state index contributed by atoms with van der Waals surface area (Å²) in [4.78, 5) is 61.4. The molecule has 0 aromatic heterocycles. The average molecular weight is 769 g/mol. The van der Waals surface area contributed by atoms with Gasteiger partial charge in [0.05, 0.1) is 41.9 Å². The Morgan fingerprint density at radius 3 is 2.29 bits per heavy atom. The van der Waals surface area contributed by atoms with Crippen molar-refractivity contribution in [2.24, 2.45) is 4.99 Å². The Morgan fingerprint density at radius 1 is 0.982 bits per heavy atom. The molecular weight excluding hydrogens is 724 g/mol. The van der Waals surface area contributed by atoms with Gasteiger partial charge in [0.2, 0.25) is 17.3 Å². The summed E-state index contributed by atoms with van der Waals surface area (Å²) in [5.74, 6) is -6.11. The maximum Gasteiger partial charge on any atom is 0.341 e. The molecule has 6 N–H and O–H groups in total. The molecule has 1 saturated heterocycles. The van der Waals surface area contributed by atoms with Gasteiger partial charge >= 0.3 is 5.97 Å². The molecule has 17 nitrogen and oxygen atoms in total. The summed E-state index contributed by atoms with van der Waals surface area (Å²) in [7, 11) is 6.29. The summed E-state index contributed by atoms with van der Waals surface area (Å²) in [6, 6.07) is 2.39. The molecule has 3 aliphatic carbocycles. The number of ether oxygens (including phenoxy) is 6. The van der Waals surface area contributed by atoms with Crippen LogP contribution < -0.4 is 5.32 Å². The van der Waals surface area contributed by atoms with Gasteiger partial charge in [-0.1, -0.05) is 6.07 Å². The lowest BCUT2D eigenvalue weighted by Gasteiger charge is -2.53. The number of carbonyl (C=O) groups is 4. The summed E-state index contributed by atoms with van der Waals surface area (Å²) in [6.07, 6.45) is -5.35. The normalized spacial score (nSPS) is 30.6. The number of rotatable bonds is 10. The van der Waals surface area contributed by atoms with Crippen molar-refractivity contribution < 1.29 is 73.1 Å². The van der Waals surface area contributed by atoms with E-state index in [1.807, 2.05) is 0 Å². The molecule has 4 aliphatic rings. The molecule has 296 valence electrons. The maximum atomic E-state index is 14.9. The lowest BCUT2D eigenvalue weighted by molar-refractivity contribution is -0.236. The molecule has 17 heteroatoms. The minimum atomic E-state index is -3.20. The van der Waals surface area contributed by atoms with E-state index in [0.717, 1.165) is 20.3 Å². The van der Waals surface area contributed by atoms with Crippen LogP contribution in [0.1, 0.15) is 77.0 Å². The molecule has 0 unspecified atom stereocenters. The van der Waals surface area contributed by atoms with Crippen molar-refractivity contribution in [1.29, 1.82) is 0 Å². The zero-order valence-electron chi connectivity index (χ0n) is 31.3. The van der Waals surface area contributed by atoms with Gasteiger partial charge < -0.3 is 59.3 Å². The first-order valence-corrected chi connectivity index (χ1v) is 17.5. The third-order valence-corrected chi connectivity index (χ3v) is 11.0. The van der Waals surface area contributed by atoms with E-state index in [0.29, 0.717) is 13.0 Å². The van der Waals surface area contributed by atoms with E-state index in [1.54, 1.807) is 6.92 Å². The first-order chi connectivity index (χ1) is 26.1. The maximum absolute atomic E-state index is 14.9. The molecule has 0 saturated carbocycles. The van der Waals surface area contributed by atoms with Crippen LogP contribution in [0.3, 0.4) is 0 Å². The Bertz CT molecular complexity index is 2030. The number of esters is 1. The highest BCUT2D eigenvalue weighted by atomic mass is 16.6. The first kappa shape index (κ1) is 40.1. The number of ketones is 3. The van der Waals surface area contributed by atoms with Gasteiger partial charge in [-0.3, -0.25) is 19.4 Å². The topological polar surface area (TPSA) is 249 Å². The van der Waals surface area contributed by atoms with Gasteiger partial charge in [-0.15, -0.1) is 0 Å². The van der Waals surface area contributed by atoms with Crippen LogP contribution in [-0.2, 0) is 40.4 Å². The van der Waals surface area contributed by atoms with Crippen molar-refractivity contribution in [3.8, 4) is 11.5 Å². The van der Waals surface area contributed by atoms with Crippen LogP contribution in [0.4, 0.5) is 0 Å². The highest BCUT2D eigenvalue weighted by Gasteiger charge is 2.72. The fourth-order valence-corrected chi connectivity index (χ4v) is 8.40. The number of phenolic OH excluding ortho intramolecular Hbond substituents is 2. The zero-order chi connectivity index (χ0) is 40.3. The van der Waals surface area contributed by atoms with Crippen molar-refractivity contribution in [3.05, 3.63) is 68.4 Å². The van der Waals surface area contributed by atoms with Gasteiger partial charge in [-0.05, 0) is 43.5 Å². The van der Waals surface area contributed by atoms with Gasteiger partial charge in [-0.25, -0.2) is 4.79 Å². The molecule has 2 aromatic carbocycles. The number of benzene rings is 2. The number of phenols is 2. The van der Waals surface area contributed by atoms with Crippen molar-refractivity contribution >= 4 is 29.0 Å². The van der Waals surface area contributed by atoms with Gasteiger partial charge in [0.15, 0.2) is 17.4 Å². The smallest absolute Gasteiger partial charge is 0.341 e. The number of nitrogens with zero attached hydrogens (tertiary/aromatic N) is 1. The minimum Gasteiger partial charge on any atom is -0.507 e. The van der Waals surface area contributed by atoms with Crippen LogP contribution in [0.2, 0.25) is 0 Å². The second kappa shape index (κ2) is 14.8. The monoisotopic (exact) mass is 768 g/mol. The molecule has 8 atom stereocenters. The number of fused-ring (bicyclic) bond motifs is 5. The van der Waals surface area contributed by atoms with Gasteiger partial charge in [0.1, 0.15) is 35.4 Å². The first-order valence-electron chi connectivity index (χ1n) is 17.5. The van der Waals surface area contributed by atoms with Crippen LogP contribution in [0.5, 0.6) is 11.5 Å². The minimum absolute atomic E-state index is 0.0135. The van der Waals surface area contributed by atoms with Crippen LogP contribution in [0, 0.1) is 6.92 Å². The predicted molar refractivity (Wildman–Crippen MR) is 190 cm³/mol.